The smallest absolute Gasteiger partial charge is 0.271 e. The topological polar surface area (TPSA) is 109 Å². The zero-order chi connectivity index (χ0) is 23.2. The van der Waals surface area contributed by atoms with Gasteiger partial charge in [0.05, 0.1) is 12.1 Å². The summed E-state index contributed by atoms with van der Waals surface area (Å²) in [5.74, 6) is -1.02. The van der Waals surface area contributed by atoms with E-state index in [2.05, 4.69) is 4.98 Å². The minimum atomic E-state index is -0.671. The fourth-order valence-corrected chi connectivity index (χ4v) is 3.85. The molecule has 3 heterocycles. The minimum absolute atomic E-state index is 0.0365. The first kappa shape index (κ1) is 21.1. The number of furan rings is 1. The van der Waals surface area contributed by atoms with E-state index in [1.807, 2.05) is 32.0 Å². The molecule has 0 spiro atoms. The normalized spacial score (nSPS) is 11.0. The molecule has 160 valence electrons. The summed E-state index contributed by atoms with van der Waals surface area (Å²) >= 11 is 0. The van der Waals surface area contributed by atoms with E-state index in [0.29, 0.717) is 16.7 Å². The van der Waals surface area contributed by atoms with Crippen molar-refractivity contribution in [2.24, 2.45) is 0 Å². The van der Waals surface area contributed by atoms with Crippen molar-refractivity contribution in [1.82, 2.24) is 9.55 Å². The SMILES string of the molecule is Cc1cc2oc(C(=O)c3c(C)c(C#N)c(=O)n(Cc4cccnc4)c3O)c(C)c2cc1C. The fraction of sp³-hybridized carbons (Fsp3) is 0.200. The third kappa shape index (κ3) is 3.26. The Morgan fingerprint density at radius 3 is 2.56 bits per heavy atom. The van der Waals surface area contributed by atoms with E-state index in [-0.39, 0.29) is 29.0 Å². The van der Waals surface area contributed by atoms with E-state index in [1.165, 1.54) is 6.92 Å². The van der Waals surface area contributed by atoms with Crippen LogP contribution in [0.4, 0.5) is 0 Å². The molecule has 0 radical (unpaired) electrons. The van der Waals surface area contributed by atoms with Crippen LogP contribution < -0.4 is 5.56 Å². The number of hydrogen-bond acceptors (Lipinski definition) is 6. The number of nitriles is 1. The Kier molecular flexibility index (Phi) is 5.15. The molecule has 0 atom stereocenters. The Bertz CT molecular complexity index is 1490. The highest BCUT2D eigenvalue weighted by atomic mass is 16.3. The van der Waals surface area contributed by atoms with Crippen molar-refractivity contribution in [1.29, 1.82) is 5.26 Å². The monoisotopic (exact) mass is 427 g/mol. The number of benzene rings is 1. The summed E-state index contributed by atoms with van der Waals surface area (Å²) < 4.78 is 6.90. The van der Waals surface area contributed by atoms with Gasteiger partial charge in [-0.15, -0.1) is 0 Å². The zero-order valence-corrected chi connectivity index (χ0v) is 18.2. The maximum absolute atomic E-state index is 13.5. The molecular formula is C25H21N3O4. The lowest BCUT2D eigenvalue weighted by molar-refractivity contribution is 0.101. The van der Waals surface area contributed by atoms with Crippen LogP contribution in [0, 0.1) is 39.0 Å². The first-order chi connectivity index (χ1) is 15.2. The quantitative estimate of drug-likeness (QED) is 0.492. The number of carbonyl (C=O) groups excluding carboxylic acids is 1. The molecule has 0 aliphatic heterocycles. The van der Waals surface area contributed by atoms with Crippen molar-refractivity contribution in [3.8, 4) is 11.9 Å². The molecule has 32 heavy (non-hydrogen) atoms. The molecule has 7 heteroatoms. The number of ketones is 1. The number of rotatable bonds is 4. The summed E-state index contributed by atoms with van der Waals surface area (Å²) in [7, 11) is 0. The second-order valence-corrected chi connectivity index (χ2v) is 7.88. The Morgan fingerprint density at radius 1 is 1.19 bits per heavy atom. The van der Waals surface area contributed by atoms with E-state index >= 15 is 0 Å². The van der Waals surface area contributed by atoms with Crippen LogP contribution in [0.15, 0.2) is 45.9 Å². The lowest BCUT2D eigenvalue weighted by atomic mass is 9.98. The van der Waals surface area contributed by atoms with Gasteiger partial charge in [0, 0.05) is 23.3 Å². The maximum Gasteiger partial charge on any atom is 0.271 e. The maximum atomic E-state index is 13.5. The third-order valence-electron chi connectivity index (χ3n) is 5.85. The van der Waals surface area contributed by atoms with E-state index < -0.39 is 17.2 Å². The van der Waals surface area contributed by atoms with Gasteiger partial charge < -0.3 is 9.52 Å². The van der Waals surface area contributed by atoms with Crippen LogP contribution in [0.25, 0.3) is 11.0 Å². The molecule has 7 nitrogen and oxygen atoms in total. The van der Waals surface area contributed by atoms with Crippen molar-refractivity contribution in [3.05, 3.63) is 91.7 Å². The van der Waals surface area contributed by atoms with E-state index in [4.69, 9.17) is 4.42 Å². The average molecular weight is 427 g/mol. The van der Waals surface area contributed by atoms with Gasteiger partial charge in [-0.25, -0.2) is 0 Å². The Morgan fingerprint density at radius 2 is 1.91 bits per heavy atom. The molecule has 0 amide bonds. The molecule has 0 bridgehead atoms. The number of carbonyl (C=O) groups is 1. The Hall–Kier alpha value is -4.18. The standard InChI is InChI=1S/C25H21N3O4/c1-13-8-18-16(4)23(32-20(18)9-14(13)2)22(29)21-15(3)19(10-26)24(30)28(25(21)31)12-17-6-5-7-27-11-17/h5-9,11,31H,12H2,1-4H3. The van der Waals surface area contributed by atoms with Gasteiger partial charge in [0.15, 0.2) is 5.76 Å². The number of pyridine rings is 2. The molecule has 0 unspecified atom stereocenters. The number of hydrogen-bond donors (Lipinski definition) is 1. The Balaban J connectivity index is 1.94. The lowest BCUT2D eigenvalue weighted by Crippen LogP contribution is -2.27. The van der Waals surface area contributed by atoms with Crippen LogP contribution in [0.2, 0.25) is 0 Å². The van der Waals surface area contributed by atoms with Crippen LogP contribution in [0.1, 0.15) is 49.5 Å². The van der Waals surface area contributed by atoms with Crippen molar-refractivity contribution < 1.29 is 14.3 Å². The number of aromatic nitrogens is 2. The summed E-state index contributed by atoms with van der Waals surface area (Å²) in [5, 5.41) is 21.4. The van der Waals surface area contributed by atoms with Crippen LogP contribution in [0.3, 0.4) is 0 Å². The van der Waals surface area contributed by atoms with E-state index in [9.17, 15) is 20.0 Å². The summed E-state index contributed by atoms with van der Waals surface area (Å²) in [5.41, 5.74) is 3.06. The molecule has 4 aromatic rings. The number of fused-ring (bicyclic) bond motifs is 1. The molecular weight excluding hydrogens is 406 g/mol. The first-order valence-corrected chi connectivity index (χ1v) is 10.0. The van der Waals surface area contributed by atoms with Gasteiger partial charge >= 0.3 is 0 Å². The van der Waals surface area contributed by atoms with Crippen molar-refractivity contribution in [3.63, 3.8) is 0 Å². The summed E-state index contributed by atoms with van der Waals surface area (Å²) in [6.07, 6.45) is 3.14. The molecule has 0 fully saturated rings. The second kappa shape index (κ2) is 7.82. The average Bonchev–Trinajstić information content (AvgIpc) is 3.08. The molecule has 1 N–H and O–H groups in total. The van der Waals surface area contributed by atoms with Crippen molar-refractivity contribution in [2.75, 3.05) is 0 Å². The molecule has 4 rings (SSSR count). The predicted molar refractivity (Wildman–Crippen MR) is 119 cm³/mol. The molecule has 1 aromatic carbocycles. The van der Waals surface area contributed by atoms with Gasteiger partial charge in [-0.3, -0.25) is 19.1 Å². The van der Waals surface area contributed by atoms with Gasteiger partial charge in [-0.05, 0) is 68.1 Å². The van der Waals surface area contributed by atoms with Crippen LogP contribution in [0.5, 0.6) is 5.88 Å². The highest BCUT2D eigenvalue weighted by Crippen LogP contribution is 2.32. The van der Waals surface area contributed by atoms with E-state index in [0.717, 1.165) is 21.1 Å². The number of aromatic hydroxyl groups is 1. The molecule has 3 aromatic heterocycles. The second-order valence-electron chi connectivity index (χ2n) is 7.88. The Labute approximate surface area is 184 Å². The van der Waals surface area contributed by atoms with Gasteiger partial charge in [-0.2, -0.15) is 5.26 Å². The van der Waals surface area contributed by atoms with Crippen LogP contribution in [-0.4, -0.2) is 20.4 Å². The minimum Gasteiger partial charge on any atom is -0.494 e. The third-order valence-corrected chi connectivity index (χ3v) is 5.85. The largest absolute Gasteiger partial charge is 0.494 e. The summed E-state index contributed by atoms with van der Waals surface area (Å²) in [6, 6.07) is 9.13. The highest BCUT2D eigenvalue weighted by molar-refractivity contribution is 6.12. The fourth-order valence-electron chi connectivity index (χ4n) is 3.85. The van der Waals surface area contributed by atoms with Gasteiger partial charge in [0.25, 0.3) is 5.56 Å². The number of nitrogens with zero attached hydrogens (tertiary/aromatic N) is 3. The predicted octanol–water partition coefficient (Wildman–Crippen LogP) is 4.08. The molecule has 0 aliphatic rings. The van der Waals surface area contributed by atoms with Crippen molar-refractivity contribution in [2.45, 2.75) is 34.2 Å². The van der Waals surface area contributed by atoms with Gasteiger partial charge in [0.1, 0.15) is 17.2 Å². The van der Waals surface area contributed by atoms with Crippen molar-refractivity contribution >= 4 is 16.8 Å². The number of aryl methyl sites for hydroxylation is 3. The highest BCUT2D eigenvalue weighted by Gasteiger charge is 2.28. The summed E-state index contributed by atoms with van der Waals surface area (Å²) in [6.45, 7) is 7.15. The van der Waals surface area contributed by atoms with Crippen LogP contribution >= 0.6 is 0 Å². The van der Waals surface area contributed by atoms with E-state index in [1.54, 1.807) is 31.5 Å². The van der Waals surface area contributed by atoms with Crippen LogP contribution in [-0.2, 0) is 6.54 Å². The molecule has 0 aliphatic carbocycles. The van der Waals surface area contributed by atoms with Gasteiger partial charge in [-0.1, -0.05) is 6.07 Å². The first-order valence-electron chi connectivity index (χ1n) is 10.0. The zero-order valence-electron chi connectivity index (χ0n) is 18.2. The summed E-state index contributed by atoms with van der Waals surface area (Å²) in [4.78, 5) is 30.4. The van der Waals surface area contributed by atoms with Gasteiger partial charge in [0.2, 0.25) is 11.7 Å². The lowest BCUT2D eigenvalue weighted by Gasteiger charge is -2.15. The molecule has 0 saturated carbocycles. The molecule has 0 saturated heterocycles.